The standard InChI is InChI=1S/C20H30FN5/c1-3-26-10-4-5-15(14-26)12-25-20(22-2)23-9-8-16-13-24-19-11-17(21)6-7-18(16)19/h6-7,11,13,15,24H,3-5,8-10,12,14H2,1-2H3,(H2,22,23,25). The van der Waals surface area contributed by atoms with Crippen LogP contribution in [0.15, 0.2) is 29.4 Å². The zero-order valence-corrected chi connectivity index (χ0v) is 15.8. The summed E-state index contributed by atoms with van der Waals surface area (Å²) in [5.41, 5.74) is 2.04. The molecule has 0 saturated carbocycles. The van der Waals surface area contributed by atoms with Gasteiger partial charge in [0.05, 0.1) is 0 Å². The molecular weight excluding hydrogens is 329 g/mol. The van der Waals surface area contributed by atoms with E-state index < -0.39 is 0 Å². The van der Waals surface area contributed by atoms with Gasteiger partial charge in [0, 0.05) is 43.8 Å². The molecule has 5 nitrogen and oxygen atoms in total. The molecule has 0 spiro atoms. The third-order valence-electron chi connectivity index (χ3n) is 5.25. The molecule has 2 heterocycles. The minimum absolute atomic E-state index is 0.210. The van der Waals surface area contributed by atoms with Gasteiger partial charge in [-0.25, -0.2) is 4.39 Å². The normalized spacial score (nSPS) is 19.0. The molecule has 142 valence electrons. The van der Waals surface area contributed by atoms with Gasteiger partial charge in [0.15, 0.2) is 5.96 Å². The molecule has 0 aliphatic carbocycles. The van der Waals surface area contributed by atoms with Crippen LogP contribution in [0.25, 0.3) is 10.9 Å². The van der Waals surface area contributed by atoms with Gasteiger partial charge >= 0.3 is 0 Å². The number of hydrogen-bond acceptors (Lipinski definition) is 2. The maximum atomic E-state index is 13.3. The van der Waals surface area contributed by atoms with E-state index >= 15 is 0 Å². The fourth-order valence-electron chi connectivity index (χ4n) is 3.75. The predicted molar refractivity (Wildman–Crippen MR) is 106 cm³/mol. The molecule has 2 aromatic rings. The van der Waals surface area contributed by atoms with Crippen molar-refractivity contribution in [2.24, 2.45) is 10.9 Å². The van der Waals surface area contributed by atoms with Crippen molar-refractivity contribution in [3.05, 3.63) is 35.8 Å². The number of aromatic amines is 1. The smallest absolute Gasteiger partial charge is 0.190 e. The van der Waals surface area contributed by atoms with E-state index in [0.717, 1.165) is 42.9 Å². The van der Waals surface area contributed by atoms with Gasteiger partial charge < -0.3 is 20.5 Å². The summed E-state index contributed by atoms with van der Waals surface area (Å²) in [5, 5.41) is 7.93. The number of nitrogens with zero attached hydrogens (tertiary/aromatic N) is 2. The second-order valence-electron chi connectivity index (χ2n) is 7.04. The lowest BCUT2D eigenvalue weighted by atomic mass is 9.98. The number of fused-ring (bicyclic) bond motifs is 1. The van der Waals surface area contributed by atoms with Gasteiger partial charge in [-0.05, 0) is 62.0 Å². The van der Waals surface area contributed by atoms with E-state index in [9.17, 15) is 4.39 Å². The molecule has 26 heavy (non-hydrogen) atoms. The Morgan fingerprint density at radius 2 is 2.27 bits per heavy atom. The van der Waals surface area contributed by atoms with Crippen LogP contribution in [0, 0.1) is 11.7 Å². The van der Waals surface area contributed by atoms with Crippen molar-refractivity contribution in [3.63, 3.8) is 0 Å². The van der Waals surface area contributed by atoms with E-state index in [4.69, 9.17) is 0 Å². The van der Waals surface area contributed by atoms with E-state index in [-0.39, 0.29) is 5.82 Å². The Balaban J connectivity index is 1.45. The largest absolute Gasteiger partial charge is 0.361 e. The van der Waals surface area contributed by atoms with Crippen LogP contribution in [0.1, 0.15) is 25.3 Å². The van der Waals surface area contributed by atoms with E-state index in [2.05, 4.69) is 32.4 Å². The lowest BCUT2D eigenvalue weighted by Gasteiger charge is -2.32. The first-order valence-corrected chi connectivity index (χ1v) is 9.62. The highest BCUT2D eigenvalue weighted by atomic mass is 19.1. The maximum Gasteiger partial charge on any atom is 0.190 e. The lowest BCUT2D eigenvalue weighted by Crippen LogP contribution is -2.44. The van der Waals surface area contributed by atoms with Gasteiger partial charge in [0.1, 0.15) is 5.82 Å². The highest BCUT2D eigenvalue weighted by Crippen LogP contribution is 2.19. The molecule has 6 heteroatoms. The molecule has 1 aliphatic heterocycles. The maximum absolute atomic E-state index is 13.3. The number of guanidine groups is 1. The number of H-pyrrole nitrogens is 1. The highest BCUT2D eigenvalue weighted by molar-refractivity contribution is 5.83. The summed E-state index contributed by atoms with van der Waals surface area (Å²) in [6, 6.07) is 4.89. The van der Waals surface area contributed by atoms with Gasteiger partial charge in [0.25, 0.3) is 0 Å². The molecule has 0 radical (unpaired) electrons. The Morgan fingerprint density at radius 1 is 1.38 bits per heavy atom. The second-order valence-corrected chi connectivity index (χ2v) is 7.04. The van der Waals surface area contributed by atoms with Crippen molar-refractivity contribution < 1.29 is 4.39 Å². The van der Waals surface area contributed by atoms with Crippen molar-refractivity contribution in [2.45, 2.75) is 26.2 Å². The van der Waals surface area contributed by atoms with E-state index in [1.54, 1.807) is 0 Å². The molecule has 3 rings (SSSR count). The molecule has 0 amide bonds. The molecule has 1 fully saturated rings. The summed E-state index contributed by atoms with van der Waals surface area (Å²) in [4.78, 5) is 9.99. The average Bonchev–Trinajstić information content (AvgIpc) is 3.06. The Hall–Kier alpha value is -2.08. The van der Waals surface area contributed by atoms with Gasteiger partial charge in [0.2, 0.25) is 0 Å². The molecule has 3 N–H and O–H groups in total. The van der Waals surface area contributed by atoms with Crippen LogP contribution in [-0.2, 0) is 6.42 Å². The third-order valence-corrected chi connectivity index (χ3v) is 5.25. The van der Waals surface area contributed by atoms with Crippen LogP contribution >= 0.6 is 0 Å². The Kier molecular flexibility index (Phi) is 6.50. The summed E-state index contributed by atoms with van der Waals surface area (Å²) >= 11 is 0. The van der Waals surface area contributed by atoms with Crippen LogP contribution in [0.2, 0.25) is 0 Å². The average molecular weight is 359 g/mol. The number of halogens is 1. The van der Waals surface area contributed by atoms with Crippen LogP contribution < -0.4 is 10.6 Å². The van der Waals surface area contributed by atoms with Crippen LogP contribution in [0.4, 0.5) is 4.39 Å². The van der Waals surface area contributed by atoms with E-state index in [0.29, 0.717) is 5.92 Å². The van der Waals surface area contributed by atoms with Gasteiger partial charge in [-0.1, -0.05) is 6.92 Å². The minimum Gasteiger partial charge on any atom is -0.361 e. The highest BCUT2D eigenvalue weighted by Gasteiger charge is 2.18. The van der Waals surface area contributed by atoms with Gasteiger partial charge in [-0.3, -0.25) is 4.99 Å². The Bertz CT molecular complexity index is 739. The molecule has 1 unspecified atom stereocenters. The zero-order chi connectivity index (χ0) is 18.4. The van der Waals surface area contributed by atoms with E-state index in [1.807, 2.05) is 19.3 Å². The van der Waals surface area contributed by atoms with Crippen LogP contribution in [0.3, 0.4) is 0 Å². The topological polar surface area (TPSA) is 55.4 Å². The fraction of sp³-hybridized carbons (Fsp3) is 0.550. The van der Waals surface area contributed by atoms with Gasteiger partial charge in [-0.2, -0.15) is 0 Å². The van der Waals surface area contributed by atoms with Crippen molar-refractivity contribution in [2.75, 3.05) is 39.8 Å². The number of likely N-dealkylation sites (tertiary alicyclic amines) is 1. The van der Waals surface area contributed by atoms with Crippen LogP contribution in [-0.4, -0.2) is 55.6 Å². The SMILES string of the molecule is CCN1CCCC(CNC(=NC)NCCc2c[nH]c3cc(F)ccc23)C1. The molecular formula is C20H30FN5. The molecule has 1 aromatic heterocycles. The van der Waals surface area contributed by atoms with Crippen molar-refractivity contribution in [1.82, 2.24) is 20.5 Å². The number of aliphatic imine (C=N–C) groups is 1. The predicted octanol–water partition coefficient (Wildman–Crippen LogP) is 2.75. The first kappa shape index (κ1) is 18.7. The first-order valence-electron chi connectivity index (χ1n) is 9.62. The van der Waals surface area contributed by atoms with E-state index in [1.165, 1.54) is 43.6 Å². The Labute approximate surface area is 155 Å². The van der Waals surface area contributed by atoms with Crippen molar-refractivity contribution in [1.29, 1.82) is 0 Å². The summed E-state index contributed by atoms with van der Waals surface area (Å²) < 4.78 is 13.3. The minimum atomic E-state index is -0.210. The number of rotatable bonds is 6. The third kappa shape index (κ3) is 4.75. The number of hydrogen-bond donors (Lipinski definition) is 3. The molecule has 1 atom stereocenters. The molecule has 1 aliphatic rings. The summed E-state index contributed by atoms with van der Waals surface area (Å²) in [6.07, 6.45) is 5.39. The summed E-state index contributed by atoms with van der Waals surface area (Å²) in [6.45, 7) is 7.52. The summed E-state index contributed by atoms with van der Waals surface area (Å²) in [5.74, 6) is 1.33. The lowest BCUT2D eigenvalue weighted by molar-refractivity contribution is 0.183. The Morgan fingerprint density at radius 3 is 3.08 bits per heavy atom. The first-order chi connectivity index (χ1) is 12.7. The number of nitrogens with one attached hydrogen (secondary N) is 3. The zero-order valence-electron chi connectivity index (χ0n) is 15.8. The molecule has 0 bridgehead atoms. The number of benzene rings is 1. The quantitative estimate of drug-likeness (QED) is 0.549. The number of piperidine rings is 1. The van der Waals surface area contributed by atoms with Crippen molar-refractivity contribution >= 4 is 16.9 Å². The summed E-state index contributed by atoms with van der Waals surface area (Å²) in [7, 11) is 1.81. The van der Waals surface area contributed by atoms with Gasteiger partial charge in [-0.15, -0.1) is 0 Å². The van der Waals surface area contributed by atoms with Crippen LogP contribution in [0.5, 0.6) is 0 Å². The monoisotopic (exact) mass is 359 g/mol. The second kappa shape index (κ2) is 9.03. The fourth-order valence-corrected chi connectivity index (χ4v) is 3.75. The molecule has 1 aromatic carbocycles. The van der Waals surface area contributed by atoms with Crippen molar-refractivity contribution in [3.8, 4) is 0 Å². The number of aromatic nitrogens is 1. The molecule has 1 saturated heterocycles.